The largest absolute Gasteiger partial charge is 0.460 e. The predicted molar refractivity (Wildman–Crippen MR) is 140 cm³/mol. The molecule has 0 radical (unpaired) electrons. The van der Waals surface area contributed by atoms with E-state index < -0.39 is 0 Å². The zero-order valence-corrected chi connectivity index (χ0v) is 19.0. The van der Waals surface area contributed by atoms with Crippen LogP contribution in [0.1, 0.15) is 30.0 Å². The van der Waals surface area contributed by atoms with E-state index in [9.17, 15) is 0 Å². The number of hydrogen-bond donors (Lipinski definition) is 0. The molecule has 0 saturated heterocycles. The molecule has 8 rings (SSSR count). The molecule has 0 bridgehead atoms. The van der Waals surface area contributed by atoms with E-state index in [4.69, 9.17) is 4.74 Å². The Labute approximate surface area is 195 Å². The van der Waals surface area contributed by atoms with E-state index in [1.165, 1.54) is 58.8 Å². The molecule has 0 spiro atoms. The Morgan fingerprint density at radius 1 is 0.788 bits per heavy atom. The minimum absolute atomic E-state index is 0.154. The van der Waals surface area contributed by atoms with Gasteiger partial charge in [0.05, 0.1) is 5.41 Å². The Hall–Kier alpha value is -3.62. The fraction of sp³-hybridized carbons (Fsp3) is 0.0968. The molecule has 1 aliphatic heterocycles. The molecular weight excluding hydrogens is 420 g/mol. The van der Waals surface area contributed by atoms with Gasteiger partial charge < -0.3 is 4.74 Å². The van der Waals surface area contributed by atoms with E-state index in [2.05, 4.69) is 97.9 Å². The predicted octanol–water partition coefficient (Wildman–Crippen LogP) is 8.80. The summed E-state index contributed by atoms with van der Waals surface area (Å²) in [6, 6.07) is 28.9. The molecule has 0 amide bonds. The average Bonchev–Trinajstić information content (AvgIpc) is 3.47. The molecule has 2 heterocycles. The second-order valence-electron chi connectivity index (χ2n) is 9.56. The third-order valence-electron chi connectivity index (χ3n) is 7.68. The highest BCUT2D eigenvalue weighted by Crippen LogP contribution is 2.62. The van der Waals surface area contributed by atoms with Crippen molar-refractivity contribution in [3.63, 3.8) is 0 Å². The molecule has 5 aromatic rings. The molecule has 33 heavy (non-hydrogen) atoms. The second kappa shape index (κ2) is 6.03. The van der Waals surface area contributed by atoms with Crippen LogP contribution < -0.4 is 0 Å². The maximum atomic E-state index is 6.56. The van der Waals surface area contributed by atoms with Gasteiger partial charge in [-0.2, -0.15) is 0 Å². The zero-order chi connectivity index (χ0) is 21.7. The summed E-state index contributed by atoms with van der Waals surface area (Å²) < 4.78 is 9.27. The highest BCUT2D eigenvalue weighted by atomic mass is 32.1. The third kappa shape index (κ3) is 2.22. The molecule has 2 aliphatic carbocycles. The molecule has 0 saturated carbocycles. The van der Waals surface area contributed by atoms with E-state index in [0.29, 0.717) is 0 Å². The van der Waals surface area contributed by atoms with Gasteiger partial charge in [-0.25, -0.2) is 0 Å². The van der Waals surface area contributed by atoms with Gasteiger partial charge in [-0.3, -0.25) is 0 Å². The number of ether oxygens (including phenoxy) is 1. The maximum Gasteiger partial charge on any atom is 0.139 e. The molecule has 1 unspecified atom stereocenters. The quantitative estimate of drug-likeness (QED) is 0.253. The van der Waals surface area contributed by atoms with Crippen LogP contribution in [0.5, 0.6) is 0 Å². The molecule has 2 heteroatoms. The van der Waals surface area contributed by atoms with Crippen LogP contribution in [-0.4, -0.2) is 0 Å². The van der Waals surface area contributed by atoms with E-state index in [0.717, 1.165) is 17.9 Å². The van der Waals surface area contributed by atoms with Crippen molar-refractivity contribution in [3.8, 4) is 0 Å². The van der Waals surface area contributed by atoms with Crippen molar-refractivity contribution in [1.29, 1.82) is 0 Å². The van der Waals surface area contributed by atoms with Gasteiger partial charge in [0.1, 0.15) is 11.5 Å². The number of allylic oxidation sites excluding steroid dienone is 4. The Balaban J connectivity index is 1.27. The van der Waals surface area contributed by atoms with Crippen molar-refractivity contribution in [1.82, 2.24) is 0 Å². The van der Waals surface area contributed by atoms with Crippen LogP contribution in [0.3, 0.4) is 0 Å². The number of benzene rings is 4. The smallest absolute Gasteiger partial charge is 0.139 e. The van der Waals surface area contributed by atoms with Crippen molar-refractivity contribution in [3.05, 3.63) is 113 Å². The third-order valence-corrected chi connectivity index (χ3v) is 8.83. The van der Waals surface area contributed by atoms with Crippen LogP contribution in [0.15, 0.2) is 96.8 Å². The standard InChI is InChI=1S/C31H20OS/c1-31-17-20(19-12-14-26-24(16-19)21-8-2-3-11-25(21)33-26)13-15-27(31)32-30-23-10-5-7-18-6-4-9-22(28(18)23)29(30)31/h2-16H,17H2,1H3. The van der Waals surface area contributed by atoms with Crippen molar-refractivity contribution in [2.45, 2.75) is 13.3 Å². The lowest BCUT2D eigenvalue weighted by atomic mass is 9.71. The molecule has 4 aromatic carbocycles. The summed E-state index contributed by atoms with van der Waals surface area (Å²) in [7, 11) is 0. The normalized spacial score (nSPS) is 20.8. The van der Waals surface area contributed by atoms with Crippen LogP contribution in [0, 0.1) is 5.41 Å². The summed E-state index contributed by atoms with van der Waals surface area (Å²) in [5.74, 6) is 2.13. The highest BCUT2D eigenvalue weighted by Gasteiger charge is 2.49. The van der Waals surface area contributed by atoms with Crippen LogP contribution >= 0.6 is 11.3 Å². The van der Waals surface area contributed by atoms with Crippen LogP contribution in [-0.2, 0) is 4.74 Å². The summed E-state index contributed by atoms with van der Waals surface area (Å²) in [6.07, 6.45) is 5.41. The first-order valence-electron chi connectivity index (χ1n) is 11.5. The molecule has 156 valence electrons. The Morgan fingerprint density at radius 3 is 2.52 bits per heavy atom. The van der Waals surface area contributed by atoms with Gasteiger partial charge in [0.15, 0.2) is 0 Å². The molecule has 0 N–H and O–H groups in total. The lowest BCUT2D eigenvalue weighted by Crippen LogP contribution is -2.21. The van der Waals surface area contributed by atoms with Crippen molar-refractivity contribution < 1.29 is 4.74 Å². The first kappa shape index (κ1) is 17.9. The maximum absolute atomic E-state index is 6.56. The molecule has 1 atom stereocenters. The van der Waals surface area contributed by atoms with Gasteiger partial charge in [-0.1, -0.05) is 66.7 Å². The number of fused-ring (bicyclic) bond motifs is 7. The van der Waals surface area contributed by atoms with Crippen LogP contribution in [0.25, 0.3) is 47.9 Å². The van der Waals surface area contributed by atoms with Crippen molar-refractivity contribution in [2.24, 2.45) is 5.41 Å². The monoisotopic (exact) mass is 440 g/mol. The first-order chi connectivity index (χ1) is 16.2. The van der Waals surface area contributed by atoms with E-state index >= 15 is 0 Å². The summed E-state index contributed by atoms with van der Waals surface area (Å²) in [5, 5.41) is 5.34. The molecule has 0 fully saturated rings. The average molecular weight is 441 g/mol. The summed E-state index contributed by atoms with van der Waals surface area (Å²) in [4.78, 5) is 0. The van der Waals surface area contributed by atoms with Gasteiger partial charge in [-0.05, 0) is 59.7 Å². The fourth-order valence-corrected chi connectivity index (χ4v) is 7.22. The molecule has 1 aromatic heterocycles. The number of hydrogen-bond acceptors (Lipinski definition) is 2. The highest BCUT2D eigenvalue weighted by molar-refractivity contribution is 7.25. The van der Waals surface area contributed by atoms with E-state index in [-0.39, 0.29) is 5.41 Å². The summed E-state index contributed by atoms with van der Waals surface area (Å²) in [5.41, 5.74) is 6.46. The topological polar surface area (TPSA) is 9.23 Å². The zero-order valence-electron chi connectivity index (χ0n) is 18.2. The lowest BCUT2D eigenvalue weighted by Gasteiger charge is -2.31. The minimum Gasteiger partial charge on any atom is -0.460 e. The van der Waals surface area contributed by atoms with Gasteiger partial charge in [-0.15, -0.1) is 11.3 Å². The van der Waals surface area contributed by atoms with E-state index in [1.54, 1.807) is 0 Å². The van der Waals surface area contributed by atoms with Crippen molar-refractivity contribution in [2.75, 3.05) is 0 Å². The fourth-order valence-electron chi connectivity index (χ4n) is 6.13. The Morgan fingerprint density at radius 2 is 1.61 bits per heavy atom. The Kier molecular flexibility index (Phi) is 3.27. The van der Waals surface area contributed by atoms with Gasteiger partial charge in [0.25, 0.3) is 0 Å². The number of rotatable bonds is 1. The van der Waals surface area contributed by atoms with Crippen LogP contribution in [0.4, 0.5) is 0 Å². The number of thiophene rings is 1. The van der Waals surface area contributed by atoms with Gasteiger partial charge >= 0.3 is 0 Å². The van der Waals surface area contributed by atoms with E-state index in [1.807, 2.05) is 11.3 Å². The van der Waals surface area contributed by atoms with Gasteiger partial charge in [0.2, 0.25) is 0 Å². The molecule has 1 nitrogen and oxygen atoms in total. The first-order valence-corrected chi connectivity index (χ1v) is 12.3. The Bertz CT molecular complexity index is 1770. The summed E-state index contributed by atoms with van der Waals surface area (Å²) in [6.45, 7) is 2.36. The molecular formula is C31H20OS. The summed E-state index contributed by atoms with van der Waals surface area (Å²) >= 11 is 1.88. The van der Waals surface area contributed by atoms with Crippen molar-refractivity contribution >= 4 is 59.2 Å². The van der Waals surface area contributed by atoms with Gasteiger partial charge in [0, 0.05) is 36.7 Å². The second-order valence-corrected chi connectivity index (χ2v) is 10.6. The van der Waals surface area contributed by atoms with Crippen LogP contribution in [0.2, 0.25) is 0 Å². The molecule has 3 aliphatic rings. The lowest BCUT2D eigenvalue weighted by molar-refractivity contribution is 0.316. The SMILES string of the molecule is CC12CC(c3ccc4sc5ccccc5c4c3)=CC=C1OC1=C2c2cccc3cccc1c23. The minimum atomic E-state index is -0.154.